The van der Waals surface area contributed by atoms with E-state index in [4.69, 9.17) is 18.2 Å². The summed E-state index contributed by atoms with van der Waals surface area (Å²) in [6, 6.07) is 10.9. The van der Waals surface area contributed by atoms with Gasteiger partial charge in [0.25, 0.3) is 0 Å². The van der Waals surface area contributed by atoms with E-state index in [1.807, 2.05) is 18.2 Å². The lowest BCUT2D eigenvalue weighted by Gasteiger charge is -2.18. The smallest absolute Gasteiger partial charge is 0.405 e. The molecule has 0 aliphatic rings. The predicted octanol–water partition coefficient (Wildman–Crippen LogP) is 5.67. The van der Waals surface area contributed by atoms with Crippen molar-refractivity contribution in [2.75, 3.05) is 13.2 Å². The number of halogens is 1. The molecule has 32 heavy (non-hydrogen) atoms. The molecular weight excluding hydrogens is 501 g/mol. The van der Waals surface area contributed by atoms with Crippen molar-refractivity contribution in [3.8, 4) is 5.75 Å². The number of fused-ring (bicyclic) bond motifs is 1. The van der Waals surface area contributed by atoms with E-state index in [2.05, 4.69) is 21.0 Å². The fourth-order valence-electron chi connectivity index (χ4n) is 3.15. The van der Waals surface area contributed by atoms with Crippen molar-refractivity contribution in [1.29, 1.82) is 0 Å². The molecule has 2 aromatic carbocycles. The van der Waals surface area contributed by atoms with Crippen molar-refractivity contribution in [1.82, 2.24) is 5.09 Å². The van der Waals surface area contributed by atoms with E-state index in [0.717, 1.165) is 26.6 Å². The largest absolute Gasteiger partial charge is 0.489 e. The van der Waals surface area contributed by atoms with Gasteiger partial charge in [-0.1, -0.05) is 12.1 Å². The molecule has 0 bridgehead atoms. The Hall–Kier alpha value is -2.16. The molecule has 3 rings (SSSR count). The van der Waals surface area contributed by atoms with Gasteiger partial charge in [0.2, 0.25) is 0 Å². The van der Waals surface area contributed by atoms with E-state index in [-0.39, 0.29) is 32.8 Å². The van der Waals surface area contributed by atoms with Crippen molar-refractivity contribution < 1.29 is 32.7 Å². The molecule has 0 unspecified atom stereocenters. The minimum Gasteiger partial charge on any atom is -0.489 e. The van der Waals surface area contributed by atoms with E-state index < -0.39 is 13.7 Å². The van der Waals surface area contributed by atoms with Gasteiger partial charge in [0.15, 0.2) is 0 Å². The number of carbonyl (C=O) groups is 1. The zero-order chi connectivity index (χ0) is 23.1. The van der Waals surface area contributed by atoms with Crippen LogP contribution in [0.5, 0.6) is 5.75 Å². The number of nitrogens with one attached hydrogen (secondary N) is 1. The molecule has 3 aromatic rings. The van der Waals surface area contributed by atoms with Crippen LogP contribution in [0.15, 0.2) is 51.6 Å². The van der Waals surface area contributed by atoms with E-state index in [1.54, 1.807) is 38.3 Å². The van der Waals surface area contributed by atoms with Crippen molar-refractivity contribution in [2.45, 2.75) is 33.4 Å². The van der Waals surface area contributed by atoms with Crippen LogP contribution in [0.2, 0.25) is 0 Å². The summed E-state index contributed by atoms with van der Waals surface area (Å²) in [5, 5.41) is 13.0. The summed E-state index contributed by atoms with van der Waals surface area (Å²) in [7, 11) is -3.42. The Kier molecular flexibility index (Phi) is 8.51. The molecule has 1 aromatic heterocycles. The van der Waals surface area contributed by atoms with Crippen LogP contribution in [-0.2, 0) is 38.0 Å². The first-order valence-corrected chi connectivity index (χ1v) is 12.4. The molecule has 10 heteroatoms. The van der Waals surface area contributed by atoms with Gasteiger partial charge < -0.3 is 14.3 Å². The third-order valence-electron chi connectivity index (χ3n) is 4.51. The summed E-state index contributed by atoms with van der Waals surface area (Å²) < 4.78 is 35.4. The van der Waals surface area contributed by atoms with Crippen LogP contribution in [0.4, 0.5) is 0 Å². The number of rotatable bonds is 12. The lowest BCUT2D eigenvalue weighted by atomic mass is 10.1. The SMILES string of the molecule is CCOP(=O)(NCc1ccc(CC(=O)O)c(OCc2cc(Br)c3occc3c2)c1)OCC. The van der Waals surface area contributed by atoms with Gasteiger partial charge in [-0.3, -0.25) is 13.8 Å². The van der Waals surface area contributed by atoms with Gasteiger partial charge in [-0.2, -0.15) is 0 Å². The average Bonchev–Trinajstić information content (AvgIpc) is 3.21. The van der Waals surface area contributed by atoms with Crippen LogP contribution in [-0.4, -0.2) is 24.3 Å². The quantitative estimate of drug-likeness (QED) is 0.291. The number of hydrogen-bond donors (Lipinski definition) is 2. The molecule has 0 atom stereocenters. The monoisotopic (exact) mass is 525 g/mol. The highest BCUT2D eigenvalue weighted by Gasteiger charge is 2.23. The number of aliphatic carboxylic acids is 1. The van der Waals surface area contributed by atoms with Gasteiger partial charge in [0, 0.05) is 17.5 Å². The Labute approximate surface area is 194 Å². The molecule has 2 N–H and O–H groups in total. The lowest BCUT2D eigenvalue weighted by Crippen LogP contribution is -2.15. The normalized spacial score (nSPS) is 11.7. The van der Waals surface area contributed by atoms with Crippen LogP contribution < -0.4 is 9.82 Å². The summed E-state index contributed by atoms with van der Waals surface area (Å²) in [5.41, 5.74) is 2.94. The molecular formula is C22H25BrNO7P. The number of benzene rings is 2. The van der Waals surface area contributed by atoms with Gasteiger partial charge in [0.1, 0.15) is 17.9 Å². The zero-order valence-corrected chi connectivity index (χ0v) is 20.3. The first-order chi connectivity index (χ1) is 15.3. The minimum atomic E-state index is -3.42. The second-order valence-electron chi connectivity index (χ2n) is 6.89. The minimum absolute atomic E-state index is 0.177. The predicted molar refractivity (Wildman–Crippen MR) is 124 cm³/mol. The second-order valence-corrected chi connectivity index (χ2v) is 9.57. The number of carboxylic acids is 1. The van der Waals surface area contributed by atoms with Gasteiger partial charge in [0.05, 0.1) is 30.4 Å². The van der Waals surface area contributed by atoms with Crippen LogP contribution in [0, 0.1) is 0 Å². The maximum Gasteiger partial charge on any atom is 0.405 e. The third kappa shape index (κ3) is 6.43. The van der Waals surface area contributed by atoms with E-state index in [0.29, 0.717) is 11.3 Å². The zero-order valence-electron chi connectivity index (χ0n) is 17.8. The van der Waals surface area contributed by atoms with Crippen LogP contribution in [0.3, 0.4) is 0 Å². The van der Waals surface area contributed by atoms with Crippen LogP contribution >= 0.6 is 23.7 Å². The number of ether oxygens (including phenoxy) is 1. The third-order valence-corrected chi connectivity index (χ3v) is 6.84. The van der Waals surface area contributed by atoms with Crippen LogP contribution in [0.1, 0.15) is 30.5 Å². The summed E-state index contributed by atoms with van der Waals surface area (Å²) in [4.78, 5) is 11.3. The summed E-state index contributed by atoms with van der Waals surface area (Å²) >= 11 is 3.49. The molecule has 172 valence electrons. The van der Waals surface area contributed by atoms with Crippen molar-refractivity contribution in [2.24, 2.45) is 0 Å². The van der Waals surface area contributed by atoms with Gasteiger partial charge in [-0.25, -0.2) is 9.65 Å². The Bertz CT molecular complexity index is 1120. The summed E-state index contributed by atoms with van der Waals surface area (Å²) in [6.45, 7) is 4.39. The number of hydrogen-bond acceptors (Lipinski definition) is 6. The van der Waals surface area contributed by atoms with Gasteiger partial charge >= 0.3 is 13.7 Å². The maximum atomic E-state index is 12.6. The highest BCUT2D eigenvalue weighted by atomic mass is 79.9. The maximum absolute atomic E-state index is 12.6. The first-order valence-electron chi connectivity index (χ1n) is 10.1. The Morgan fingerprint density at radius 3 is 2.56 bits per heavy atom. The Morgan fingerprint density at radius 2 is 1.88 bits per heavy atom. The van der Waals surface area contributed by atoms with Gasteiger partial charge in [-0.05, 0) is 65.2 Å². The van der Waals surface area contributed by atoms with Crippen molar-refractivity contribution >= 4 is 40.6 Å². The molecule has 0 amide bonds. The molecule has 0 aliphatic carbocycles. The fraction of sp³-hybridized carbons (Fsp3) is 0.318. The Balaban J connectivity index is 1.78. The molecule has 0 aliphatic heterocycles. The summed E-state index contributed by atoms with van der Waals surface area (Å²) in [6.07, 6.45) is 1.44. The van der Waals surface area contributed by atoms with E-state index >= 15 is 0 Å². The van der Waals surface area contributed by atoms with Crippen LogP contribution in [0.25, 0.3) is 11.0 Å². The highest BCUT2D eigenvalue weighted by Crippen LogP contribution is 2.43. The standard InChI is InChI=1S/C22H25BrNO7P/c1-3-30-32(27,31-4-2)24-13-15-5-6-17(12-21(25)26)20(11-15)29-14-16-9-18-7-8-28-22(18)19(23)10-16/h5-11H,3-4,12-14H2,1-2H3,(H,24,27)(H,25,26). The number of carboxylic acid groups (broad SMARTS) is 1. The molecule has 0 saturated heterocycles. The molecule has 8 nitrogen and oxygen atoms in total. The van der Waals surface area contributed by atoms with Crippen molar-refractivity contribution in [3.63, 3.8) is 0 Å². The fourth-order valence-corrected chi connectivity index (χ4v) is 5.08. The average molecular weight is 526 g/mol. The molecule has 1 heterocycles. The molecule has 0 radical (unpaired) electrons. The van der Waals surface area contributed by atoms with E-state index in [9.17, 15) is 14.5 Å². The lowest BCUT2D eigenvalue weighted by molar-refractivity contribution is -0.136. The second kappa shape index (κ2) is 11.1. The van der Waals surface area contributed by atoms with Crippen molar-refractivity contribution in [3.05, 3.63) is 63.8 Å². The highest BCUT2D eigenvalue weighted by molar-refractivity contribution is 9.10. The Morgan fingerprint density at radius 1 is 1.12 bits per heavy atom. The topological polar surface area (TPSA) is 107 Å². The van der Waals surface area contributed by atoms with E-state index in [1.165, 1.54) is 0 Å². The molecule has 0 saturated carbocycles. The number of furan rings is 1. The molecule has 0 fully saturated rings. The molecule has 0 spiro atoms. The van der Waals surface area contributed by atoms with Gasteiger partial charge in [-0.15, -0.1) is 0 Å². The first kappa shape index (κ1) is 24.5. The summed E-state index contributed by atoms with van der Waals surface area (Å²) in [5.74, 6) is -0.516.